The van der Waals surface area contributed by atoms with Crippen molar-refractivity contribution in [2.24, 2.45) is 0 Å². The van der Waals surface area contributed by atoms with Crippen LogP contribution < -0.4 is 9.47 Å². The summed E-state index contributed by atoms with van der Waals surface area (Å²) < 4.78 is 12.2. The van der Waals surface area contributed by atoms with E-state index < -0.39 is 6.04 Å². The molecule has 7 heteroatoms. The van der Waals surface area contributed by atoms with Crippen LogP contribution in [0.1, 0.15) is 52.1 Å². The zero-order valence-electron chi connectivity index (χ0n) is 27.7. The minimum absolute atomic E-state index is 0.345. The van der Waals surface area contributed by atoms with Crippen LogP contribution in [0.3, 0.4) is 0 Å². The fourth-order valence-corrected chi connectivity index (χ4v) is 7.42. The van der Waals surface area contributed by atoms with Gasteiger partial charge in [0.25, 0.3) is 0 Å². The molecule has 0 fully saturated rings. The number of thiophene rings is 1. The van der Waals surface area contributed by atoms with Crippen molar-refractivity contribution in [2.45, 2.75) is 32.4 Å². The van der Waals surface area contributed by atoms with E-state index in [0.717, 1.165) is 59.5 Å². The van der Waals surface area contributed by atoms with Gasteiger partial charge in [0.15, 0.2) is 0 Å². The Morgan fingerprint density at radius 3 is 2.38 bits per heavy atom. The number of carbonyl (C=O) groups excluding carboxylic acids is 1. The van der Waals surface area contributed by atoms with Crippen LogP contribution in [0.25, 0.3) is 11.1 Å². The molecule has 1 aliphatic heterocycles. The molecule has 0 unspecified atom stereocenters. The largest absolute Gasteiger partial charge is 0.492 e. The number of hydrogen-bond donors (Lipinski definition) is 0. The van der Waals surface area contributed by atoms with E-state index in [-0.39, 0.29) is 5.97 Å². The predicted octanol–water partition coefficient (Wildman–Crippen LogP) is 9.42. The van der Waals surface area contributed by atoms with Gasteiger partial charge < -0.3 is 14.4 Å². The topological polar surface area (TPSA) is 42.0 Å². The maximum absolute atomic E-state index is 14.2. The molecule has 0 amide bonds. The van der Waals surface area contributed by atoms with Gasteiger partial charge in [0.1, 0.15) is 24.1 Å². The lowest BCUT2D eigenvalue weighted by molar-refractivity contribution is -0.141. The standard InChI is InChI=1S/C41H41ClN2O3S/c1-4-35(29-11-6-5-7-12-29)39(30-17-19-33(20-18-30)46-25-24-43(2)3)31-13-10-14-34(27-31)47-41(45)40(36-15-8-9-16-37(36)42)44-23-21-38-32(28-44)22-26-48-38/h5-20,22,26-27,40H,4,21,23-25,28H2,1-3H3/t40-/m0/s1. The second-order valence-electron chi connectivity index (χ2n) is 12.2. The smallest absolute Gasteiger partial charge is 0.333 e. The molecule has 0 radical (unpaired) electrons. The zero-order valence-corrected chi connectivity index (χ0v) is 29.3. The minimum atomic E-state index is -0.638. The van der Waals surface area contributed by atoms with E-state index in [2.05, 4.69) is 70.6 Å². The van der Waals surface area contributed by atoms with E-state index in [1.165, 1.54) is 16.0 Å². The van der Waals surface area contributed by atoms with Crippen molar-refractivity contribution in [2.75, 3.05) is 33.8 Å². The van der Waals surface area contributed by atoms with Gasteiger partial charge in [-0.15, -0.1) is 11.3 Å². The summed E-state index contributed by atoms with van der Waals surface area (Å²) in [6.07, 6.45) is 1.71. The highest BCUT2D eigenvalue weighted by Gasteiger charge is 2.34. The van der Waals surface area contributed by atoms with Crippen LogP contribution in [-0.2, 0) is 17.8 Å². The first kappa shape index (κ1) is 33.7. The summed E-state index contributed by atoms with van der Waals surface area (Å²) in [5, 5.41) is 2.68. The van der Waals surface area contributed by atoms with Gasteiger partial charge in [0.05, 0.1) is 0 Å². The Kier molecular flexibility index (Phi) is 11.1. The molecule has 0 saturated carbocycles. The lowest BCUT2D eigenvalue weighted by Gasteiger charge is -2.33. The molecule has 5 nitrogen and oxygen atoms in total. The number of fused-ring (bicyclic) bond motifs is 1. The summed E-state index contributed by atoms with van der Waals surface area (Å²) in [6.45, 7) is 5.06. The average molecular weight is 677 g/mol. The molecule has 0 spiro atoms. The lowest BCUT2D eigenvalue weighted by Crippen LogP contribution is -2.39. The van der Waals surface area contributed by atoms with Crippen LogP contribution in [0.15, 0.2) is 115 Å². The van der Waals surface area contributed by atoms with Crippen LogP contribution in [-0.4, -0.2) is 49.6 Å². The van der Waals surface area contributed by atoms with Gasteiger partial charge in [-0.05, 0) is 108 Å². The van der Waals surface area contributed by atoms with Gasteiger partial charge >= 0.3 is 5.97 Å². The number of hydrogen-bond acceptors (Lipinski definition) is 6. The number of ether oxygens (including phenoxy) is 2. The second-order valence-corrected chi connectivity index (χ2v) is 13.6. The van der Waals surface area contributed by atoms with Gasteiger partial charge in [-0.2, -0.15) is 0 Å². The van der Waals surface area contributed by atoms with Gasteiger partial charge in [-0.25, -0.2) is 4.79 Å². The third-order valence-corrected chi connectivity index (χ3v) is 10.1. The van der Waals surface area contributed by atoms with E-state index in [1.54, 1.807) is 11.3 Å². The van der Waals surface area contributed by atoms with E-state index in [9.17, 15) is 4.79 Å². The van der Waals surface area contributed by atoms with Crippen LogP contribution >= 0.6 is 22.9 Å². The molecule has 2 heterocycles. The number of carbonyl (C=O) groups is 1. The maximum Gasteiger partial charge on any atom is 0.333 e. The summed E-state index contributed by atoms with van der Waals surface area (Å²) in [6, 6.07) is 35.7. The summed E-state index contributed by atoms with van der Waals surface area (Å²) in [5.74, 6) is 0.980. The number of likely N-dealkylation sites (N-methyl/N-ethyl adjacent to an activating group) is 1. The molecule has 0 saturated heterocycles. The molecule has 4 aromatic carbocycles. The highest BCUT2D eigenvalue weighted by atomic mass is 35.5. The Morgan fingerprint density at radius 1 is 0.875 bits per heavy atom. The number of allylic oxidation sites excluding steroid dienone is 1. The first-order valence-corrected chi connectivity index (χ1v) is 17.7. The Labute approximate surface area is 293 Å². The van der Waals surface area contributed by atoms with E-state index in [4.69, 9.17) is 21.1 Å². The Bertz CT molecular complexity index is 1870. The third-order valence-electron chi connectivity index (χ3n) is 8.69. The van der Waals surface area contributed by atoms with Crippen LogP contribution in [0, 0.1) is 0 Å². The van der Waals surface area contributed by atoms with E-state index in [0.29, 0.717) is 23.9 Å². The summed E-state index contributed by atoms with van der Waals surface area (Å²) in [4.78, 5) is 19.9. The molecule has 1 atom stereocenters. The molecule has 0 aliphatic carbocycles. The normalized spacial score (nSPS) is 14.3. The van der Waals surface area contributed by atoms with Crippen molar-refractivity contribution < 1.29 is 14.3 Å². The first-order chi connectivity index (χ1) is 23.4. The van der Waals surface area contributed by atoms with Gasteiger partial charge in [-0.1, -0.05) is 91.3 Å². The molecular weight excluding hydrogens is 636 g/mol. The summed E-state index contributed by atoms with van der Waals surface area (Å²) >= 11 is 8.49. The van der Waals surface area contributed by atoms with Gasteiger partial charge in [-0.3, -0.25) is 4.90 Å². The molecule has 246 valence electrons. The highest BCUT2D eigenvalue weighted by molar-refractivity contribution is 7.10. The molecule has 1 aromatic heterocycles. The Hall–Kier alpha value is -4.20. The quantitative estimate of drug-likeness (QED) is 0.0748. The van der Waals surface area contributed by atoms with Gasteiger partial charge in [0.2, 0.25) is 0 Å². The molecule has 0 N–H and O–H groups in total. The number of esters is 1. The Balaban J connectivity index is 1.34. The summed E-state index contributed by atoms with van der Waals surface area (Å²) in [7, 11) is 4.07. The molecule has 0 bridgehead atoms. The molecule has 5 aromatic rings. The lowest BCUT2D eigenvalue weighted by atomic mass is 9.88. The van der Waals surface area contributed by atoms with Gasteiger partial charge in [0, 0.05) is 29.5 Å². The van der Waals surface area contributed by atoms with E-state index >= 15 is 0 Å². The molecular formula is C41H41ClN2O3S. The van der Waals surface area contributed by atoms with Crippen molar-refractivity contribution in [1.29, 1.82) is 0 Å². The van der Waals surface area contributed by atoms with Crippen molar-refractivity contribution in [1.82, 2.24) is 9.80 Å². The average Bonchev–Trinajstić information content (AvgIpc) is 3.57. The summed E-state index contributed by atoms with van der Waals surface area (Å²) in [5.41, 5.74) is 7.49. The number of halogens is 1. The third kappa shape index (κ3) is 7.91. The first-order valence-electron chi connectivity index (χ1n) is 16.4. The van der Waals surface area contributed by atoms with Crippen molar-refractivity contribution in [3.8, 4) is 11.5 Å². The number of rotatable bonds is 12. The number of nitrogens with zero attached hydrogens (tertiary/aromatic N) is 2. The van der Waals surface area contributed by atoms with E-state index in [1.807, 2.05) is 74.8 Å². The zero-order chi connectivity index (χ0) is 33.5. The fraction of sp³-hybridized carbons (Fsp3) is 0.244. The molecule has 1 aliphatic rings. The van der Waals surface area contributed by atoms with Crippen molar-refractivity contribution in [3.05, 3.63) is 152 Å². The second kappa shape index (κ2) is 15.8. The van der Waals surface area contributed by atoms with Crippen LogP contribution in [0.2, 0.25) is 5.02 Å². The van der Waals surface area contributed by atoms with Crippen LogP contribution in [0.4, 0.5) is 0 Å². The predicted molar refractivity (Wildman–Crippen MR) is 198 cm³/mol. The molecule has 6 rings (SSSR count). The van der Waals surface area contributed by atoms with Crippen LogP contribution in [0.5, 0.6) is 11.5 Å². The van der Waals surface area contributed by atoms with Crippen molar-refractivity contribution >= 4 is 40.1 Å². The fourth-order valence-electron chi connectivity index (χ4n) is 6.29. The molecule has 48 heavy (non-hydrogen) atoms. The number of benzene rings is 4. The SMILES string of the molecule is CCC(=C(c1ccc(OCCN(C)C)cc1)c1cccc(OC(=O)[C@H](c2ccccc2Cl)N2CCc3sccc3C2)c1)c1ccccc1. The highest BCUT2D eigenvalue weighted by Crippen LogP contribution is 2.38. The minimum Gasteiger partial charge on any atom is -0.492 e. The van der Waals surface area contributed by atoms with Crippen molar-refractivity contribution in [3.63, 3.8) is 0 Å². The monoisotopic (exact) mass is 676 g/mol. The Morgan fingerprint density at radius 2 is 1.62 bits per heavy atom. The maximum atomic E-state index is 14.2.